The second kappa shape index (κ2) is 7.23. The molecule has 1 aliphatic carbocycles. The van der Waals surface area contributed by atoms with Gasteiger partial charge in [-0.05, 0) is 67.1 Å². The van der Waals surface area contributed by atoms with Gasteiger partial charge in [-0.15, -0.1) is 6.58 Å². The van der Waals surface area contributed by atoms with Crippen molar-refractivity contribution < 1.29 is 4.74 Å². The number of nitrogens with one attached hydrogen (secondary N) is 1. The zero-order valence-electron chi connectivity index (χ0n) is 16.9. The van der Waals surface area contributed by atoms with Crippen molar-refractivity contribution in [2.45, 2.75) is 24.7 Å². The first kappa shape index (κ1) is 18.8. The molecule has 2 aliphatic rings. The van der Waals surface area contributed by atoms with Crippen molar-refractivity contribution in [1.29, 1.82) is 0 Å². The molecular formula is C25H27ClN2O. The molecule has 2 heterocycles. The lowest BCUT2D eigenvalue weighted by molar-refractivity contribution is 0.0896. The maximum Gasteiger partial charge on any atom is 0.119 e. The standard InChI is InChI=1S/C25H27ClN2O/c1-3-10-28-11-9-25(17-5-4-6-20(12-17)29-2)15-24-22(13-18(25)16-28)21-8-7-19(26)14-23(21)27-24/h3-8,12,14,18,27H,1,9-11,13,15-16H2,2H3/t18?,25-/m1/s1. The number of piperidine rings is 1. The number of aromatic amines is 1. The molecule has 1 unspecified atom stereocenters. The third-order valence-electron chi connectivity index (χ3n) is 7.07. The van der Waals surface area contributed by atoms with E-state index in [9.17, 15) is 0 Å². The monoisotopic (exact) mass is 406 g/mol. The first-order valence-electron chi connectivity index (χ1n) is 10.4. The van der Waals surface area contributed by atoms with Gasteiger partial charge in [0.25, 0.3) is 0 Å². The highest BCUT2D eigenvalue weighted by molar-refractivity contribution is 6.31. The van der Waals surface area contributed by atoms with Gasteiger partial charge in [0.2, 0.25) is 0 Å². The van der Waals surface area contributed by atoms with Gasteiger partial charge in [-0.2, -0.15) is 0 Å². The predicted molar refractivity (Wildman–Crippen MR) is 120 cm³/mol. The van der Waals surface area contributed by atoms with Crippen molar-refractivity contribution in [2.75, 3.05) is 26.7 Å². The number of benzene rings is 2. The van der Waals surface area contributed by atoms with Gasteiger partial charge in [0, 0.05) is 40.1 Å². The van der Waals surface area contributed by atoms with E-state index in [4.69, 9.17) is 16.3 Å². The first-order valence-corrected chi connectivity index (χ1v) is 10.8. The third kappa shape index (κ3) is 3.08. The summed E-state index contributed by atoms with van der Waals surface area (Å²) in [5, 5.41) is 2.11. The topological polar surface area (TPSA) is 28.3 Å². The summed E-state index contributed by atoms with van der Waals surface area (Å²) in [6.45, 7) is 7.12. The number of nitrogens with zero attached hydrogens (tertiary/aromatic N) is 1. The molecule has 150 valence electrons. The molecule has 0 saturated carbocycles. The fourth-order valence-corrected chi connectivity index (χ4v) is 5.80. The lowest BCUT2D eigenvalue weighted by Crippen LogP contribution is -2.53. The number of aromatic nitrogens is 1. The Bertz CT molecular complexity index is 1070. The fraction of sp³-hybridized carbons (Fsp3) is 0.360. The molecule has 0 spiro atoms. The number of fused-ring (bicyclic) bond motifs is 4. The van der Waals surface area contributed by atoms with E-state index >= 15 is 0 Å². The molecule has 1 N–H and O–H groups in total. The van der Waals surface area contributed by atoms with Crippen molar-refractivity contribution in [2.24, 2.45) is 5.92 Å². The van der Waals surface area contributed by atoms with E-state index in [1.165, 1.54) is 22.2 Å². The van der Waals surface area contributed by atoms with Crippen LogP contribution in [0.1, 0.15) is 23.2 Å². The Morgan fingerprint density at radius 3 is 3.03 bits per heavy atom. The van der Waals surface area contributed by atoms with Crippen LogP contribution in [0.25, 0.3) is 10.9 Å². The summed E-state index contributed by atoms with van der Waals surface area (Å²) in [5.74, 6) is 1.50. The first-order chi connectivity index (χ1) is 14.1. The molecule has 29 heavy (non-hydrogen) atoms. The van der Waals surface area contributed by atoms with Crippen LogP contribution >= 0.6 is 11.6 Å². The lowest BCUT2D eigenvalue weighted by atomic mass is 9.58. The SMILES string of the molecule is C=CCN1CC[C@]2(c3cccc(OC)c3)Cc3[nH]c4cc(Cl)ccc4c3CC2C1. The molecule has 5 rings (SSSR count). The third-order valence-corrected chi connectivity index (χ3v) is 7.30. The molecule has 1 saturated heterocycles. The van der Waals surface area contributed by atoms with E-state index in [1.807, 2.05) is 18.2 Å². The Kier molecular flexibility index (Phi) is 4.68. The number of hydrogen-bond acceptors (Lipinski definition) is 2. The van der Waals surface area contributed by atoms with Crippen LogP contribution in [-0.4, -0.2) is 36.6 Å². The van der Waals surface area contributed by atoms with E-state index in [1.54, 1.807) is 7.11 Å². The highest BCUT2D eigenvalue weighted by Gasteiger charge is 2.47. The highest BCUT2D eigenvalue weighted by atomic mass is 35.5. The minimum Gasteiger partial charge on any atom is -0.497 e. The summed E-state index contributed by atoms with van der Waals surface area (Å²) in [4.78, 5) is 6.25. The van der Waals surface area contributed by atoms with Crippen LogP contribution in [0.4, 0.5) is 0 Å². The van der Waals surface area contributed by atoms with Gasteiger partial charge < -0.3 is 9.72 Å². The van der Waals surface area contributed by atoms with Gasteiger partial charge in [-0.25, -0.2) is 0 Å². The zero-order valence-corrected chi connectivity index (χ0v) is 17.6. The van der Waals surface area contributed by atoms with E-state index in [0.717, 1.165) is 55.2 Å². The maximum atomic E-state index is 6.26. The quantitative estimate of drug-likeness (QED) is 0.589. The molecule has 2 atom stereocenters. The molecule has 0 radical (unpaired) electrons. The summed E-state index contributed by atoms with van der Waals surface area (Å²) in [6.07, 6.45) is 5.30. The molecule has 0 bridgehead atoms. The molecule has 1 aromatic heterocycles. The number of likely N-dealkylation sites (tertiary alicyclic amines) is 1. The van der Waals surface area contributed by atoms with Crippen molar-refractivity contribution in [3.05, 3.63) is 77.0 Å². The number of ether oxygens (including phenoxy) is 1. The highest BCUT2D eigenvalue weighted by Crippen LogP contribution is 2.49. The second-order valence-electron chi connectivity index (χ2n) is 8.54. The normalized spacial score (nSPS) is 24.1. The Labute approximate surface area is 177 Å². The number of H-pyrrole nitrogens is 1. The summed E-state index contributed by atoms with van der Waals surface area (Å²) in [7, 11) is 1.75. The molecule has 1 fully saturated rings. The molecule has 3 aromatic rings. The van der Waals surface area contributed by atoms with Crippen LogP contribution in [0.2, 0.25) is 5.02 Å². The number of halogens is 1. The average Bonchev–Trinajstić information content (AvgIpc) is 3.08. The number of hydrogen-bond donors (Lipinski definition) is 1. The zero-order chi connectivity index (χ0) is 20.0. The Morgan fingerprint density at radius 2 is 2.21 bits per heavy atom. The van der Waals surface area contributed by atoms with Crippen molar-refractivity contribution in [1.82, 2.24) is 9.88 Å². The average molecular weight is 407 g/mol. The lowest BCUT2D eigenvalue weighted by Gasteiger charge is -2.51. The molecular weight excluding hydrogens is 380 g/mol. The van der Waals surface area contributed by atoms with Gasteiger partial charge in [0.05, 0.1) is 7.11 Å². The number of rotatable bonds is 4. The minimum atomic E-state index is 0.129. The minimum absolute atomic E-state index is 0.129. The van der Waals surface area contributed by atoms with E-state index in [-0.39, 0.29) is 5.41 Å². The molecule has 2 aromatic carbocycles. The second-order valence-corrected chi connectivity index (χ2v) is 8.97. The Morgan fingerprint density at radius 1 is 1.31 bits per heavy atom. The van der Waals surface area contributed by atoms with Crippen LogP contribution < -0.4 is 4.74 Å². The van der Waals surface area contributed by atoms with Crippen LogP contribution in [0.3, 0.4) is 0 Å². The summed E-state index contributed by atoms with van der Waals surface area (Å²) < 4.78 is 5.57. The van der Waals surface area contributed by atoms with E-state index < -0.39 is 0 Å². The molecule has 1 aliphatic heterocycles. The maximum absolute atomic E-state index is 6.26. The van der Waals surface area contributed by atoms with Crippen LogP contribution in [0.15, 0.2) is 55.1 Å². The molecule has 3 nitrogen and oxygen atoms in total. The Balaban J connectivity index is 1.63. The summed E-state index contributed by atoms with van der Waals surface area (Å²) in [6, 6.07) is 15.0. The summed E-state index contributed by atoms with van der Waals surface area (Å²) >= 11 is 6.26. The van der Waals surface area contributed by atoms with Gasteiger partial charge >= 0.3 is 0 Å². The van der Waals surface area contributed by atoms with Crippen LogP contribution in [0, 0.1) is 5.92 Å². The van der Waals surface area contributed by atoms with Gasteiger partial charge in [0.1, 0.15) is 5.75 Å². The van der Waals surface area contributed by atoms with Crippen LogP contribution in [0.5, 0.6) is 5.75 Å². The molecule has 0 amide bonds. The van der Waals surface area contributed by atoms with Crippen molar-refractivity contribution in [3.8, 4) is 5.75 Å². The van der Waals surface area contributed by atoms with Gasteiger partial charge in [0.15, 0.2) is 0 Å². The Hall–Kier alpha value is -2.23. The largest absolute Gasteiger partial charge is 0.497 e. The number of methoxy groups -OCH3 is 1. The fourth-order valence-electron chi connectivity index (χ4n) is 5.62. The van der Waals surface area contributed by atoms with Gasteiger partial charge in [-0.3, -0.25) is 4.90 Å². The van der Waals surface area contributed by atoms with Crippen molar-refractivity contribution >= 4 is 22.5 Å². The van der Waals surface area contributed by atoms with Crippen LogP contribution in [-0.2, 0) is 18.3 Å². The van der Waals surface area contributed by atoms with E-state index in [0.29, 0.717) is 5.92 Å². The van der Waals surface area contributed by atoms with Crippen molar-refractivity contribution in [3.63, 3.8) is 0 Å². The van der Waals surface area contributed by atoms with E-state index in [2.05, 4.69) is 46.8 Å². The molecule has 4 heteroatoms. The van der Waals surface area contributed by atoms with Gasteiger partial charge in [-0.1, -0.05) is 35.9 Å². The predicted octanol–water partition coefficient (Wildman–Crippen LogP) is 5.37. The summed E-state index contributed by atoms with van der Waals surface area (Å²) in [5.41, 5.74) is 5.54. The smallest absolute Gasteiger partial charge is 0.119 e.